The van der Waals surface area contributed by atoms with E-state index in [1.807, 2.05) is 0 Å². The number of carbonyl (C=O) groups excluding carboxylic acids is 2. The van der Waals surface area contributed by atoms with Gasteiger partial charge in [0.2, 0.25) is 11.5 Å². The van der Waals surface area contributed by atoms with Crippen LogP contribution >= 0.6 is 11.8 Å². The molecule has 2 aromatic rings. The molecule has 2 N–H and O–H groups in total. The smallest absolute Gasteiger partial charge is 0.252 e. The van der Waals surface area contributed by atoms with Crippen molar-refractivity contribution in [3.8, 4) is 34.5 Å². The van der Waals surface area contributed by atoms with Crippen LogP contribution in [0.5, 0.6) is 34.5 Å². The summed E-state index contributed by atoms with van der Waals surface area (Å²) in [5.74, 6) is 2.00. The summed E-state index contributed by atoms with van der Waals surface area (Å²) in [6, 6.07) is 6.78. The summed E-state index contributed by atoms with van der Waals surface area (Å²) in [5, 5.41) is 6.87. The second kappa shape index (κ2) is 15.3. The Bertz CT molecular complexity index is 1060. The normalized spacial score (nSPS) is 12.5. The lowest BCUT2D eigenvalue weighted by Gasteiger charge is -2.15. The summed E-state index contributed by atoms with van der Waals surface area (Å²) in [6.07, 6.45) is 2.90. The van der Waals surface area contributed by atoms with Crippen LogP contribution in [0.2, 0.25) is 0 Å². The molecule has 0 unspecified atom stereocenters. The van der Waals surface area contributed by atoms with Crippen LogP contribution in [-0.2, 0) is 9.59 Å². The first-order valence-corrected chi connectivity index (χ1v) is 12.6. The Morgan fingerprint density at radius 2 is 0.949 bits per heavy atom. The van der Waals surface area contributed by atoms with Crippen molar-refractivity contribution in [2.75, 3.05) is 42.7 Å². The van der Waals surface area contributed by atoms with Crippen molar-refractivity contribution in [1.29, 1.82) is 0 Å². The van der Waals surface area contributed by atoms with Crippen molar-refractivity contribution in [3.05, 3.63) is 35.4 Å². The van der Waals surface area contributed by atoms with Crippen LogP contribution in [0.4, 0.5) is 0 Å². The molecule has 0 heterocycles. The Labute approximate surface area is 232 Å². The first-order valence-electron chi connectivity index (χ1n) is 11.6. The van der Waals surface area contributed by atoms with Gasteiger partial charge in [0.05, 0.1) is 65.6 Å². The fourth-order valence-electron chi connectivity index (χ4n) is 3.30. The van der Waals surface area contributed by atoms with E-state index in [9.17, 15) is 9.59 Å². The molecular weight excluding hydrogens is 528 g/mol. The molecule has 0 spiro atoms. The topological polar surface area (TPSA) is 138 Å². The second-order valence-electron chi connectivity index (χ2n) is 7.81. The van der Waals surface area contributed by atoms with Gasteiger partial charge in [0.25, 0.3) is 11.8 Å². The molecule has 2 aromatic carbocycles. The van der Waals surface area contributed by atoms with Gasteiger partial charge in [0.1, 0.15) is 0 Å². The lowest BCUT2D eigenvalue weighted by molar-refractivity contribution is -0.120. The molecule has 0 saturated carbocycles. The van der Waals surface area contributed by atoms with Crippen LogP contribution in [-0.4, -0.2) is 77.4 Å². The van der Waals surface area contributed by atoms with E-state index in [4.69, 9.17) is 28.4 Å². The highest BCUT2D eigenvalue weighted by atomic mass is 32.2. The van der Waals surface area contributed by atoms with Gasteiger partial charge in [-0.3, -0.25) is 9.59 Å². The van der Waals surface area contributed by atoms with Crippen molar-refractivity contribution < 1.29 is 38.0 Å². The first kappa shape index (κ1) is 31.1. The zero-order chi connectivity index (χ0) is 28.9. The van der Waals surface area contributed by atoms with Crippen LogP contribution in [0.25, 0.3) is 0 Å². The average molecular weight is 563 g/mol. The number of hydrogen-bond acceptors (Lipinski definition) is 11. The zero-order valence-corrected chi connectivity index (χ0v) is 24.0. The molecule has 13 heteroatoms. The molecule has 0 bridgehead atoms. The number of nitrogens with zero attached hydrogens (tertiary/aromatic N) is 2. The number of carbonyl (C=O) groups is 2. The first-order chi connectivity index (χ1) is 18.7. The zero-order valence-electron chi connectivity index (χ0n) is 23.2. The van der Waals surface area contributed by atoms with Gasteiger partial charge in [-0.2, -0.15) is 10.2 Å². The maximum atomic E-state index is 12.5. The van der Waals surface area contributed by atoms with Crippen molar-refractivity contribution in [1.82, 2.24) is 10.9 Å². The lowest BCUT2D eigenvalue weighted by atomic mass is 10.2. The third-order valence-corrected chi connectivity index (χ3v) is 6.54. The van der Waals surface area contributed by atoms with Crippen LogP contribution in [0.15, 0.2) is 34.5 Å². The number of rotatable bonds is 14. The van der Waals surface area contributed by atoms with E-state index in [0.717, 1.165) is 11.8 Å². The highest BCUT2D eigenvalue weighted by molar-refractivity contribution is 8.01. The van der Waals surface area contributed by atoms with Gasteiger partial charge in [-0.05, 0) is 38.1 Å². The van der Waals surface area contributed by atoms with Gasteiger partial charge in [-0.1, -0.05) is 0 Å². The molecule has 2 amide bonds. The largest absolute Gasteiger partial charge is 0.493 e. The van der Waals surface area contributed by atoms with Crippen LogP contribution in [0, 0.1) is 0 Å². The Morgan fingerprint density at radius 3 is 1.21 bits per heavy atom. The van der Waals surface area contributed by atoms with E-state index in [0.29, 0.717) is 45.6 Å². The minimum Gasteiger partial charge on any atom is -0.493 e. The predicted octanol–water partition coefficient (Wildman–Crippen LogP) is 2.85. The van der Waals surface area contributed by atoms with E-state index in [-0.39, 0.29) is 11.8 Å². The number of methoxy groups -OCH3 is 6. The Morgan fingerprint density at radius 1 is 0.641 bits per heavy atom. The van der Waals surface area contributed by atoms with Gasteiger partial charge >= 0.3 is 0 Å². The van der Waals surface area contributed by atoms with E-state index in [2.05, 4.69) is 21.1 Å². The van der Waals surface area contributed by atoms with Crippen molar-refractivity contribution >= 4 is 36.0 Å². The molecule has 0 aliphatic carbocycles. The summed E-state index contributed by atoms with van der Waals surface area (Å²) in [4.78, 5) is 25.0. The van der Waals surface area contributed by atoms with E-state index in [1.54, 1.807) is 38.1 Å². The Hall–Kier alpha value is -4.13. The maximum Gasteiger partial charge on any atom is 0.252 e. The van der Waals surface area contributed by atoms with E-state index < -0.39 is 10.5 Å². The number of nitrogens with one attached hydrogen (secondary N) is 2. The second-order valence-corrected chi connectivity index (χ2v) is 9.49. The van der Waals surface area contributed by atoms with Crippen LogP contribution < -0.4 is 39.3 Å². The summed E-state index contributed by atoms with van der Waals surface area (Å²) >= 11 is 1.16. The minimum absolute atomic E-state index is 0.371. The van der Waals surface area contributed by atoms with Crippen LogP contribution in [0.1, 0.15) is 25.0 Å². The highest BCUT2D eigenvalue weighted by Gasteiger charge is 2.21. The third-order valence-electron chi connectivity index (χ3n) is 5.30. The van der Waals surface area contributed by atoms with Crippen LogP contribution in [0.3, 0.4) is 0 Å². The molecule has 212 valence electrons. The minimum atomic E-state index is -0.568. The fourth-order valence-corrected chi connectivity index (χ4v) is 4.27. The molecule has 0 aromatic heterocycles. The maximum absolute atomic E-state index is 12.5. The summed E-state index contributed by atoms with van der Waals surface area (Å²) < 4.78 is 31.8. The highest BCUT2D eigenvalue weighted by Crippen LogP contribution is 2.38. The number of amides is 2. The molecule has 0 radical (unpaired) electrons. The number of ether oxygens (including phenoxy) is 6. The molecule has 12 nitrogen and oxygen atoms in total. The number of hydrazone groups is 2. The van der Waals surface area contributed by atoms with Gasteiger partial charge in [-0.25, -0.2) is 10.9 Å². The predicted molar refractivity (Wildman–Crippen MR) is 150 cm³/mol. The van der Waals surface area contributed by atoms with Crippen molar-refractivity contribution in [3.63, 3.8) is 0 Å². The number of thioether (sulfide) groups is 1. The monoisotopic (exact) mass is 562 g/mol. The van der Waals surface area contributed by atoms with Gasteiger partial charge in [-0.15, -0.1) is 11.8 Å². The number of hydrogen-bond donors (Lipinski definition) is 2. The average Bonchev–Trinajstić information content (AvgIpc) is 2.95. The molecule has 0 aliphatic heterocycles. The Balaban J connectivity index is 1.94. The lowest BCUT2D eigenvalue weighted by Crippen LogP contribution is -2.33. The third kappa shape index (κ3) is 8.43. The Kier molecular flexibility index (Phi) is 12.2. The molecule has 0 saturated heterocycles. The quantitative estimate of drug-likeness (QED) is 0.263. The summed E-state index contributed by atoms with van der Waals surface area (Å²) in [6.45, 7) is 3.36. The summed E-state index contributed by atoms with van der Waals surface area (Å²) in [5.41, 5.74) is 6.21. The van der Waals surface area contributed by atoms with Crippen molar-refractivity contribution in [2.45, 2.75) is 24.3 Å². The fraction of sp³-hybridized carbons (Fsp3) is 0.385. The van der Waals surface area contributed by atoms with E-state index in [1.165, 1.54) is 55.1 Å². The SMILES string of the molecule is COc1cc(/C=N\NC(=O)[C@H](C)S[C@@H](C)C(=O)N/N=C/c2cc(OC)c(OC)c(OC)c2)cc(OC)c1OC. The molecule has 2 rings (SSSR count). The molecule has 0 fully saturated rings. The van der Waals surface area contributed by atoms with Gasteiger partial charge in [0, 0.05) is 11.1 Å². The van der Waals surface area contributed by atoms with Gasteiger partial charge < -0.3 is 28.4 Å². The molecule has 2 atom stereocenters. The van der Waals surface area contributed by atoms with Crippen molar-refractivity contribution in [2.24, 2.45) is 10.2 Å². The molecular formula is C26H34N4O8S. The van der Waals surface area contributed by atoms with E-state index >= 15 is 0 Å². The number of benzene rings is 2. The molecule has 39 heavy (non-hydrogen) atoms. The standard InChI is InChI=1S/C26H34N4O8S/c1-15(25(31)29-27-13-17-9-19(33-3)23(37-7)20(10-17)34-4)39-16(2)26(32)30-28-14-18-11-21(35-5)24(38-8)22(12-18)36-6/h9-16H,1-8H3,(H,29,31)(H,30,32)/b27-13-,28-14+/t15-,16-/m0/s1. The summed E-state index contributed by atoms with van der Waals surface area (Å²) in [7, 11) is 9.06. The van der Waals surface area contributed by atoms with Gasteiger partial charge in [0.15, 0.2) is 23.0 Å². The molecule has 0 aliphatic rings.